The van der Waals surface area contributed by atoms with Crippen LogP contribution in [0.1, 0.15) is 16.8 Å². The molecular formula is C19H22N2O3S. The molecule has 2 aromatic rings. The Morgan fingerprint density at radius 3 is 2.52 bits per heavy atom. The number of carbonyl (C=O) groups excluding carboxylic acids is 2. The minimum atomic E-state index is -0.674. The molecule has 5 nitrogen and oxygen atoms in total. The van der Waals surface area contributed by atoms with Gasteiger partial charge in [0, 0.05) is 11.3 Å². The van der Waals surface area contributed by atoms with Crippen LogP contribution in [0.3, 0.4) is 0 Å². The van der Waals surface area contributed by atoms with Gasteiger partial charge in [0.1, 0.15) is 6.04 Å². The number of benzene rings is 2. The largest absolute Gasteiger partial charge is 0.467 e. The van der Waals surface area contributed by atoms with Crippen molar-refractivity contribution in [3.05, 3.63) is 54.1 Å². The number of amides is 1. The maximum atomic E-state index is 12.6. The quantitative estimate of drug-likeness (QED) is 0.587. The second-order valence-electron chi connectivity index (χ2n) is 5.54. The lowest BCUT2D eigenvalue weighted by Crippen LogP contribution is -2.42. The first-order valence-electron chi connectivity index (χ1n) is 7.88. The monoisotopic (exact) mass is 358 g/mol. The number of anilines is 1. The lowest BCUT2D eigenvalue weighted by Gasteiger charge is -2.16. The second kappa shape index (κ2) is 9.13. The molecule has 1 amide bonds. The fourth-order valence-corrected chi connectivity index (χ4v) is 2.92. The van der Waals surface area contributed by atoms with E-state index in [2.05, 4.69) is 5.32 Å². The van der Waals surface area contributed by atoms with E-state index in [-0.39, 0.29) is 5.91 Å². The van der Waals surface area contributed by atoms with E-state index >= 15 is 0 Å². The van der Waals surface area contributed by atoms with Crippen LogP contribution >= 0.6 is 11.8 Å². The Labute approximate surface area is 151 Å². The van der Waals surface area contributed by atoms with Crippen molar-refractivity contribution in [1.29, 1.82) is 0 Å². The van der Waals surface area contributed by atoms with E-state index < -0.39 is 12.0 Å². The van der Waals surface area contributed by atoms with Gasteiger partial charge in [-0.3, -0.25) is 4.79 Å². The van der Waals surface area contributed by atoms with E-state index in [0.717, 1.165) is 16.9 Å². The molecule has 0 saturated carbocycles. The molecule has 2 aromatic carbocycles. The van der Waals surface area contributed by atoms with Crippen LogP contribution < -0.4 is 11.1 Å². The van der Waals surface area contributed by atoms with Crippen molar-refractivity contribution in [1.82, 2.24) is 5.32 Å². The summed E-state index contributed by atoms with van der Waals surface area (Å²) in [5.74, 6) is -0.0535. The van der Waals surface area contributed by atoms with Crippen LogP contribution in [0.2, 0.25) is 0 Å². The highest BCUT2D eigenvalue weighted by Crippen LogP contribution is 2.23. The van der Waals surface area contributed by atoms with Gasteiger partial charge in [0.2, 0.25) is 0 Å². The number of esters is 1. The molecule has 0 bridgehead atoms. The standard InChI is InChI=1S/C19H22N2O3S/c1-24-19(23)17(8-9-25-2)21-18(22)15-10-14(11-16(20)12-15)13-6-4-3-5-7-13/h3-7,10-12,17H,8-9,20H2,1-2H3,(H,21,22)/t17-/m0/s1. The van der Waals surface area contributed by atoms with Gasteiger partial charge >= 0.3 is 5.97 Å². The van der Waals surface area contributed by atoms with Gasteiger partial charge in [-0.1, -0.05) is 30.3 Å². The van der Waals surface area contributed by atoms with Crippen molar-refractivity contribution in [2.24, 2.45) is 0 Å². The molecule has 0 heterocycles. The summed E-state index contributed by atoms with van der Waals surface area (Å²) in [4.78, 5) is 24.5. The Kier molecular flexibility index (Phi) is 6.89. The third kappa shape index (κ3) is 5.26. The number of methoxy groups -OCH3 is 1. The molecule has 2 rings (SSSR count). The van der Waals surface area contributed by atoms with E-state index in [0.29, 0.717) is 17.7 Å². The minimum Gasteiger partial charge on any atom is -0.467 e. The van der Waals surface area contributed by atoms with Crippen LogP contribution in [0.5, 0.6) is 0 Å². The van der Waals surface area contributed by atoms with Crippen LogP contribution in [0.15, 0.2) is 48.5 Å². The molecule has 0 radical (unpaired) electrons. The van der Waals surface area contributed by atoms with Gasteiger partial charge in [0.05, 0.1) is 7.11 Å². The zero-order valence-electron chi connectivity index (χ0n) is 14.3. The first-order chi connectivity index (χ1) is 12.0. The van der Waals surface area contributed by atoms with E-state index in [1.165, 1.54) is 7.11 Å². The molecule has 1 atom stereocenters. The van der Waals surface area contributed by atoms with Gasteiger partial charge in [-0.25, -0.2) is 4.79 Å². The first kappa shape index (κ1) is 18.9. The highest BCUT2D eigenvalue weighted by molar-refractivity contribution is 7.98. The third-order valence-electron chi connectivity index (χ3n) is 3.73. The third-order valence-corrected chi connectivity index (χ3v) is 4.37. The summed E-state index contributed by atoms with van der Waals surface area (Å²) in [5.41, 5.74) is 8.68. The van der Waals surface area contributed by atoms with Crippen LogP contribution in [-0.2, 0) is 9.53 Å². The molecule has 0 saturated heterocycles. The van der Waals surface area contributed by atoms with Crippen LogP contribution in [-0.4, -0.2) is 37.0 Å². The van der Waals surface area contributed by atoms with Gasteiger partial charge in [0.25, 0.3) is 5.91 Å². The summed E-state index contributed by atoms with van der Waals surface area (Å²) < 4.78 is 4.78. The molecule has 0 unspecified atom stereocenters. The molecule has 0 aliphatic heterocycles. The lowest BCUT2D eigenvalue weighted by atomic mass is 10.0. The average molecular weight is 358 g/mol. The van der Waals surface area contributed by atoms with Crippen molar-refractivity contribution >= 4 is 29.3 Å². The van der Waals surface area contributed by atoms with Crippen molar-refractivity contribution < 1.29 is 14.3 Å². The van der Waals surface area contributed by atoms with Crippen LogP contribution in [0, 0.1) is 0 Å². The normalized spacial score (nSPS) is 11.6. The van der Waals surface area contributed by atoms with Gasteiger partial charge in [-0.05, 0) is 47.8 Å². The molecule has 0 aliphatic rings. The Morgan fingerprint density at radius 2 is 1.88 bits per heavy atom. The van der Waals surface area contributed by atoms with Gasteiger partial charge in [0.15, 0.2) is 0 Å². The average Bonchev–Trinajstić information content (AvgIpc) is 2.64. The maximum absolute atomic E-state index is 12.6. The fraction of sp³-hybridized carbons (Fsp3) is 0.263. The van der Waals surface area contributed by atoms with Crippen LogP contribution in [0.25, 0.3) is 11.1 Å². The highest BCUT2D eigenvalue weighted by atomic mass is 32.2. The number of nitrogen functional groups attached to an aromatic ring is 1. The van der Waals surface area contributed by atoms with Crippen molar-refractivity contribution in [3.63, 3.8) is 0 Å². The molecule has 132 valence electrons. The minimum absolute atomic E-state index is 0.346. The number of rotatable bonds is 7. The second-order valence-corrected chi connectivity index (χ2v) is 6.53. The van der Waals surface area contributed by atoms with Crippen LogP contribution in [0.4, 0.5) is 5.69 Å². The summed E-state index contributed by atoms with van der Waals surface area (Å²) in [6, 6.07) is 14.2. The number of ether oxygens (including phenoxy) is 1. The molecule has 0 aromatic heterocycles. The first-order valence-corrected chi connectivity index (χ1v) is 9.28. The number of thioether (sulfide) groups is 1. The summed E-state index contributed by atoms with van der Waals surface area (Å²) in [6.07, 6.45) is 2.45. The van der Waals surface area contributed by atoms with E-state index in [9.17, 15) is 9.59 Å². The summed E-state index contributed by atoms with van der Waals surface area (Å²) in [6.45, 7) is 0. The predicted molar refractivity (Wildman–Crippen MR) is 103 cm³/mol. The molecule has 0 fully saturated rings. The van der Waals surface area contributed by atoms with Gasteiger partial charge in [-0.15, -0.1) is 0 Å². The highest BCUT2D eigenvalue weighted by Gasteiger charge is 2.22. The van der Waals surface area contributed by atoms with Crippen molar-refractivity contribution in [2.45, 2.75) is 12.5 Å². The summed E-state index contributed by atoms with van der Waals surface area (Å²) >= 11 is 1.60. The zero-order valence-corrected chi connectivity index (χ0v) is 15.1. The van der Waals surface area contributed by atoms with Crippen molar-refractivity contribution in [2.75, 3.05) is 24.9 Å². The summed E-state index contributed by atoms with van der Waals surface area (Å²) in [7, 11) is 1.31. The van der Waals surface area contributed by atoms with E-state index in [1.54, 1.807) is 23.9 Å². The Bertz CT molecular complexity index is 735. The van der Waals surface area contributed by atoms with E-state index in [1.807, 2.05) is 42.7 Å². The molecule has 3 N–H and O–H groups in total. The molecular weight excluding hydrogens is 336 g/mol. The fourth-order valence-electron chi connectivity index (χ4n) is 2.45. The SMILES string of the molecule is COC(=O)[C@H](CCSC)NC(=O)c1cc(N)cc(-c2ccccc2)c1. The molecule has 0 aliphatic carbocycles. The van der Waals surface area contributed by atoms with Crippen molar-refractivity contribution in [3.8, 4) is 11.1 Å². The topological polar surface area (TPSA) is 81.4 Å². The number of hydrogen-bond donors (Lipinski definition) is 2. The number of hydrogen-bond acceptors (Lipinski definition) is 5. The summed E-state index contributed by atoms with van der Waals surface area (Å²) in [5, 5.41) is 2.74. The Hall–Kier alpha value is -2.47. The lowest BCUT2D eigenvalue weighted by molar-refractivity contribution is -0.142. The van der Waals surface area contributed by atoms with Gasteiger partial charge < -0.3 is 15.8 Å². The van der Waals surface area contributed by atoms with Gasteiger partial charge in [-0.2, -0.15) is 11.8 Å². The molecule has 0 spiro atoms. The van der Waals surface area contributed by atoms with E-state index in [4.69, 9.17) is 10.5 Å². The number of carbonyl (C=O) groups is 2. The number of nitrogens with one attached hydrogen (secondary N) is 1. The zero-order chi connectivity index (χ0) is 18.2. The Morgan fingerprint density at radius 1 is 1.16 bits per heavy atom. The predicted octanol–water partition coefficient (Wildman–Crippen LogP) is 2.96. The molecule has 25 heavy (non-hydrogen) atoms. The smallest absolute Gasteiger partial charge is 0.328 e. The number of nitrogens with two attached hydrogens (primary N) is 1. The Balaban J connectivity index is 2.23. The molecule has 6 heteroatoms. The maximum Gasteiger partial charge on any atom is 0.328 e.